The first kappa shape index (κ1) is 39.8. The smallest absolute Gasteiger partial charge is 0.403 e. The second kappa shape index (κ2) is 18.0. The van der Waals surface area contributed by atoms with Crippen LogP contribution in [0.25, 0.3) is 28.0 Å². The summed E-state index contributed by atoms with van der Waals surface area (Å²) in [6.45, 7) is 5.20. The Hall–Kier alpha value is -3.99. The van der Waals surface area contributed by atoms with Crippen LogP contribution >= 0.6 is 11.8 Å². The molecule has 4 rings (SSSR count). The third-order valence-electron chi connectivity index (χ3n) is 8.13. The average molecular weight is 738 g/mol. The molecule has 0 amide bonds. The predicted octanol–water partition coefficient (Wildman–Crippen LogP) is 6.77. The molecule has 0 aliphatic rings. The van der Waals surface area contributed by atoms with Crippen molar-refractivity contribution in [3.8, 4) is 22.7 Å². The van der Waals surface area contributed by atoms with Gasteiger partial charge in [0.25, 0.3) is 0 Å². The lowest BCUT2D eigenvalue weighted by Crippen LogP contribution is -2.25. The maximum absolute atomic E-state index is 15.9. The van der Waals surface area contributed by atoms with Gasteiger partial charge < -0.3 is 31.2 Å². The molecule has 51 heavy (non-hydrogen) atoms. The van der Waals surface area contributed by atoms with Crippen molar-refractivity contribution in [1.82, 2.24) is 19.9 Å². The van der Waals surface area contributed by atoms with E-state index >= 15 is 8.78 Å². The highest BCUT2D eigenvalue weighted by molar-refractivity contribution is 7.98. The average Bonchev–Trinajstić information content (AvgIpc) is 3.46. The summed E-state index contributed by atoms with van der Waals surface area (Å²) in [6.07, 6.45) is 1.64. The molecular formula is C35H44F5N7O3S. The molecular weight excluding hydrogens is 693 g/mol. The predicted molar refractivity (Wildman–Crippen MR) is 191 cm³/mol. The first-order chi connectivity index (χ1) is 24.2. The van der Waals surface area contributed by atoms with Crippen molar-refractivity contribution < 1.29 is 31.4 Å². The van der Waals surface area contributed by atoms with E-state index in [1.807, 2.05) is 13.2 Å². The highest BCUT2D eigenvalue weighted by Gasteiger charge is 2.33. The van der Waals surface area contributed by atoms with E-state index in [4.69, 9.17) is 16.2 Å². The molecule has 0 aliphatic heterocycles. The van der Waals surface area contributed by atoms with Gasteiger partial charge >= 0.3 is 12.1 Å². The van der Waals surface area contributed by atoms with Crippen LogP contribution in [0.1, 0.15) is 63.1 Å². The fourth-order valence-corrected chi connectivity index (χ4v) is 6.56. The van der Waals surface area contributed by atoms with Gasteiger partial charge in [0.1, 0.15) is 11.5 Å². The van der Waals surface area contributed by atoms with Crippen molar-refractivity contribution >= 4 is 28.6 Å². The standard InChI is InChI=1S/C35H44F5N7O3S/c1-5-8-27(44-12-7-11-43-20(2)41)31-26(36)16-24(17-30(31)51-4)47-18-22-15-28(45-33(22)46-34(47)48)25-13-21(9-6-10-23(42)19-49-3)14-29(32(25)37)50-35(38,39)40/h13-18,23,27,44H,5-12,19,42H2,1-4H3,(H2,41,43)(H,45,46,48). The number of nitrogens with two attached hydrogens (primary N) is 2. The molecule has 278 valence electrons. The number of thioether (sulfide) groups is 1. The SMILES string of the molecule is CCCC(NCCCN=C(C)N)c1c(F)cc(-n2cc3cc(-c4cc(CCCC(N)COC)cc(OC(F)(F)F)c4F)[nH]c3nc2=O)cc1SC. The minimum absolute atomic E-state index is 0.0726. The number of hydrogen-bond donors (Lipinski definition) is 4. The third kappa shape index (κ3) is 10.8. The number of fused-ring (bicyclic) bond motifs is 1. The van der Waals surface area contributed by atoms with Crippen molar-refractivity contribution in [3.63, 3.8) is 0 Å². The highest BCUT2D eigenvalue weighted by atomic mass is 32.2. The molecule has 0 aliphatic carbocycles. The summed E-state index contributed by atoms with van der Waals surface area (Å²) in [6, 6.07) is 6.33. The number of aromatic amines is 1. The first-order valence-corrected chi connectivity index (χ1v) is 17.8. The third-order valence-corrected chi connectivity index (χ3v) is 8.91. The molecule has 0 bridgehead atoms. The Morgan fingerprint density at radius 2 is 1.92 bits per heavy atom. The number of amidine groups is 1. The fraction of sp³-hybridized carbons (Fsp3) is 0.457. The van der Waals surface area contributed by atoms with Crippen LogP contribution in [0.5, 0.6) is 5.75 Å². The highest BCUT2D eigenvalue weighted by Crippen LogP contribution is 2.36. The van der Waals surface area contributed by atoms with E-state index in [-0.39, 0.29) is 34.7 Å². The van der Waals surface area contributed by atoms with Crippen molar-refractivity contribution in [3.05, 3.63) is 69.8 Å². The minimum Gasteiger partial charge on any atom is -0.403 e. The van der Waals surface area contributed by atoms with E-state index in [0.717, 1.165) is 18.9 Å². The summed E-state index contributed by atoms with van der Waals surface area (Å²) >= 11 is 1.34. The number of aliphatic imine (C=N–C) groups is 1. The van der Waals surface area contributed by atoms with Crippen LogP contribution in [0, 0.1) is 11.6 Å². The number of methoxy groups -OCH3 is 1. The zero-order valence-corrected chi connectivity index (χ0v) is 29.8. The molecule has 0 saturated carbocycles. The largest absolute Gasteiger partial charge is 0.573 e. The van der Waals surface area contributed by atoms with E-state index in [0.29, 0.717) is 72.6 Å². The zero-order chi connectivity index (χ0) is 37.3. The summed E-state index contributed by atoms with van der Waals surface area (Å²) < 4.78 is 81.4. The number of ether oxygens (including phenoxy) is 2. The van der Waals surface area contributed by atoms with Gasteiger partial charge in [0.15, 0.2) is 11.6 Å². The van der Waals surface area contributed by atoms with Gasteiger partial charge in [-0.3, -0.25) is 9.56 Å². The number of aryl methyl sites for hydroxylation is 1. The van der Waals surface area contributed by atoms with Crippen molar-refractivity contribution in [2.75, 3.05) is 33.1 Å². The minimum atomic E-state index is -5.13. The molecule has 2 aromatic heterocycles. The number of hydrogen-bond acceptors (Lipinski definition) is 8. The van der Waals surface area contributed by atoms with Gasteiger partial charge in [-0.15, -0.1) is 24.9 Å². The number of H-pyrrole nitrogens is 1. The summed E-state index contributed by atoms with van der Waals surface area (Å²) in [7, 11) is 1.52. The van der Waals surface area contributed by atoms with E-state index in [9.17, 15) is 18.0 Å². The molecule has 2 atom stereocenters. The molecule has 10 nitrogen and oxygen atoms in total. The van der Waals surface area contributed by atoms with Gasteiger partial charge in [-0.25, -0.2) is 13.6 Å². The van der Waals surface area contributed by atoms with E-state index in [1.54, 1.807) is 13.0 Å². The van der Waals surface area contributed by atoms with Crippen LogP contribution in [-0.2, 0) is 11.2 Å². The van der Waals surface area contributed by atoms with E-state index in [1.165, 1.54) is 47.8 Å². The van der Waals surface area contributed by atoms with E-state index in [2.05, 4.69) is 25.0 Å². The second-order valence-corrected chi connectivity index (χ2v) is 13.1. The molecule has 0 spiro atoms. The van der Waals surface area contributed by atoms with Crippen LogP contribution in [0.4, 0.5) is 22.0 Å². The van der Waals surface area contributed by atoms with Crippen molar-refractivity contribution in [1.29, 1.82) is 0 Å². The molecule has 2 aromatic carbocycles. The summed E-state index contributed by atoms with van der Waals surface area (Å²) in [4.78, 5) is 25.0. The van der Waals surface area contributed by atoms with Crippen LogP contribution in [0.15, 0.2) is 51.2 Å². The number of halogens is 5. The Bertz CT molecular complexity index is 1880. The maximum atomic E-state index is 15.9. The molecule has 0 fully saturated rings. The summed E-state index contributed by atoms with van der Waals surface area (Å²) in [5.41, 5.74) is 11.9. The van der Waals surface area contributed by atoms with Crippen LogP contribution in [0.2, 0.25) is 0 Å². The van der Waals surface area contributed by atoms with Gasteiger partial charge in [-0.1, -0.05) is 13.3 Å². The quantitative estimate of drug-likeness (QED) is 0.0288. The van der Waals surface area contributed by atoms with Crippen LogP contribution < -0.4 is 27.2 Å². The lowest BCUT2D eigenvalue weighted by atomic mass is 10.0. The molecule has 2 unspecified atom stereocenters. The van der Waals surface area contributed by atoms with Gasteiger partial charge in [-0.05, 0) is 87.7 Å². The Kier molecular flexibility index (Phi) is 14.0. The number of alkyl halides is 3. The lowest BCUT2D eigenvalue weighted by molar-refractivity contribution is -0.275. The van der Waals surface area contributed by atoms with Crippen LogP contribution in [-0.4, -0.2) is 65.8 Å². The van der Waals surface area contributed by atoms with Crippen LogP contribution in [0.3, 0.4) is 0 Å². The molecule has 6 N–H and O–H groups in total. The molecule has 16 heteroatoms. The number of rotatable bonds is 18. The first-order valence-electron chi connectivity index (χ1n) is 16.6. The van der Waals surface area contributed by atoms with Gasteiger partial charge in [0.2, 0.25) is 0 Å². The van der Waals surface area contributed by atoms with Crippen molar-refractivity contribution in [2.45, 2.75) is 75.7 Å². The maximum Gasteiger partial charge on any atom is 0.573 e. The number of aromatic nitrogens is 3. The Labute approximate surface area is 297 Å². The Morgan fingerprint density at radius 3 is 2.59 bits per heavy atom. The molecule has 0 saturated heterocycles. The number of nitrogens with one attached hydrogen (secondary N) is 2. The number of benzene rings is 2. The Morgan fingerprint density at radius 1 is 1.16 bits per heavy atom. The van der Waals surface area contributed by atoms with Gasteiger partial charge in [0.05, 0.1) is 23.8 Å². The fourth-order valence-electron chi connectivity index (χ4n) is 5.86. The second-order valence-electron chi connectivity index (χ2n) is 12.2. The zero-order valence-electron chi connectivity index (χ0n) is 29.0. The van der Waals surface area contributed by atoms with Crippen molar-refractivity contribution in [2.24, 2.45) is 16.5 Å². The summed E-state index contributed by atoms with van der Waals surface area (Å²) in [5, 5.41) is 3.77. The molecule has 4 aromatic rings. The topological polar surface area (TPSA) is 146 Å². The normalized spacial score (nSPS) is 13.6. The molecule has 2 heterocycles. The van der Waals surface area contributed by atoms with Gasteiger partial charge in [-0.2, -0.15) is 4.98 Å². The molecule has 0 radical (unpaired) electrons. The monoisotopic (exact) mass is 737 g/mol. The lowest BCUT2D eigenvalue weighted by Gasteiger charge is -2.22. The van der Waals surface area contributed by atoms with E-state index < -0.39 is 29.4 Å². The number of nitrogens with zero attached hydrogens (tertiary/aromatic N) is 3. The van der Waals surface area contributed by atoms with Gasteiger partial charge in [0, 0.05) is 53.3 Å². The Balaban J connectivity index is 1.70. The summed E-state index contributed by atoms with van der Waals surface area (Å²) in [5.74, 6) is -2.23.